The number of carbonyl (C=O) groups excluding carboxylic acids is 1. The van der Waals surface area contributed by atoms with E-state index in [1.165, 1.54) is 23.5 Å². The summed E-state index contributed by atoms with van der Waals surface area (Å²) in [5.74, 6) is -2.47. The number of hydrogen-bond donors (Lipinski definition) is 1. The van der Waals surface area contributed by atoms with Crippen LogP contribution in [0.25, 0.3) is 0 Å². The second kappa shape index (κ2) is 11.7. The SMILES string of the molecule is CC(F)(F)COc1nc2c(s1)CCN(CCC1CCC(NC(=O)Cc3ccc(F)cc3)CC1)CC2. The third-order valence-electron chi connectivity index (χ3n) is 6.87. The molecule has 1 aromatic carbocycles. The van der Waals surface area contributed by atoms with E-state index in [0.717, 1.165) is 87.6 Å². The van der Waals surface area contributed by atoms with Crippen LogP contribution in [-0.2, 0) is 24.1 Å². The van der Waals surface area contributed by atoms with Crippen molar-refractivity contribution in [1.82, 2.24) is 15.2 Å². The summed E-state index contributed by atoms with van der Waals surface area (Å²) in [6.07, 6.45) is 7.38. The number of alkyl halides is 2. The van der Waals surface area contributed by atoms with E-state index < -0.39 is 12.5 Å². The van der Waals surface area contributed by atoms with E-state index in [-0.39, 0.29) is 24.2 Å². The van der Waals surface area contributed by atoms with Crippen LogP contribution in [0, 0.1) is 11.7 Å². The number of fused-ring (bicyclic) bond motifs is 1. The van der Waals surface area contributed by atoms with Gasteiger partial charge in [-0.25, -0.2) is 18.2 Å². The topological polar surface area (TPSA) is 54.5 Å². The highest BCUT2D eigenvalue weighted by Gasteiger charge is 2.26. The third kappa shape index (κ3) is 8.20. The number of benzene rings is 1. The van der Waals surface area contributed by atoms with Crippen LogP contribution < -0.4 is 10.1 Å². The normalized spacial score (nSPS) is 21.3. The average Bonchev–Trinajstić information content (AvgIpc) is 3.11. The number of amides is 1. The van der Waals surface area contributed by atoms with E-state index in [9.17, 15) is 18.0 Å². The highest BCUT2D eigenvalue weighted by molar-refractivity contribution is 7.13. The molecule has 4 rings (SSSR count). The summed E-state index contributed by atoms with van der Waals surface area (Å²) in [6.45, 7) is 3.14. The van der Waals surface area contributed by atoms with Crippen LogP contribution in [-0.4, -0.2) is 54.0 Å². The summed E-state index contributed by atoms with van der Waals surface area (Å²) in [7, 11) is 0. The number of hydrogen-bond acceptors (Lipinski definition) is 5. The molecule has 2 aliphatic rings. The predicted molar refractivity (Wildman–Crippen MR) is 131 cm³/mol. The van der Waals surface area contributed by atoms with Gasteiger partial charge in [-0.1, -0.05) is 23.5 Å². The first-order chi connectivity index (χ1) is 16.7. The van der Waals surface area contributed by atoms with Crippen molar-refractivity contribution in [2.75, 3.05) is 26.2 Å². The zero-order valence-corrected chi connectivity index (χ0v) is 21.0. The molecule has 0 radical (unpaired) electrons. The summed E-state index contributed by atoms with van der Waals surface area (Å²) in [5, 5.41) is 3.50. The Morgan fingerprint density at radius 3 is 2.60 bits per heavy atom. The lowest BCUT2D eigenvalue weighted by Gasteiger charge is -2.30. The molecule has 2 heterocycles. The number of halogens is 3. The number of nitrogens with zero attached hydrogens (tertiary/aromatic N) is 2. The Balaban J connectivity index is 1.13. The number of aromatic nitrogens is 1. The van der Waals surface area contributed by atoms with Gasteiger partial charge in [-0.2, -0.15) is 0 Å². The molecule has 1 aliphatic heterocycles. The summed E-state index contributed by atoms with van der Waals surface area (Å²) >= 11 is 1.40. The standard InChI is InChI=1S/C26H34F3N3O2S/c1-26(28,29)17-34-25-31-22-11-14-32(15-12-23(22)35-25)13-10-18-4-8-21(9-5-18)30-24(33)16-19-2-6-20(27)7-3-19/h2-3,6-7,18,21H,4-5,8-17H2,1H3,(H,30,33). The molecule has 1 aromatic heterocycles. The fourth-order valence-corrected chi connectivity index (χ4v) is 5.83. The Morgan fingerprint density at radius 2 is 1.89 bits per heavy atom. The minimum atomic E-state index is -2.85. The van der Waals surface area contributed by atoms with E-state index in [0.29, 0.717) is 11.1 Å². The molecular formula is C26H34F3N3O2S. The van der Waals surface area contributed by atoms with Gasteiger partial charge in [0.25, 0.3) is 11.1 Å². The van der Waals surface area contributed by atoms with Gasteiger partial charge in [-0.15, -0.1) is 0 Å². The second-order valence-corrected chi connectivity index (χ2v) is 11.0. The van der Waals surface area contributed by atoms with Gasteiger partial charge in [0.05, 0.1) is 12.1 Å². The number of carbonyl (C=O) groups is 1. The molecule has 2 aromatic rings. The van der Waals surface area contributed by atoms with E-state index in [1.54, 1.807) is 12.1 Å². The van der Waals surface area contributed by atoms with Gasteiger partial charge in [0.2, 0.25) is 5.91 Å². The number of ether oxygens (including phenoxy) is 1. The highest BCUT2D eigenvalue weighted by atomic mass is 32.1. The van der Waals surface area contributed by atoms with Crippen molar-refractivity contribution in [1.29, 1.82) is 0 Å². The number of nitrogens with one attached hydrogen (secondary N) is 1. The van der Waals surface area contributed by atoms with E-state index >= 15 is 0 Å². The predicted octanol–water partition coefficient (Wildman–Crippen LogP) is 5.02. The molecule has 0 bridgehead atoms. The first kappa shape index (κ1) is 25.9. The Morgan fingerprint density at radius 1 is 1.17 bits per heavy atom. The Labute approximate surface area is 209 Å². The quantitative estimate of drug-likeness (QED) is 0.516. The molecule has 35 heavy (non-hydrogen) atoms. The maximum Gasteiger partial charge on any atom is 0.278 e. The van der Waals surface area contributed by atoms with Crippen molar-refractivity contribution in [3.63, 3.8) is 0 Å². The van der Waals surface area contributed by atoms with Gasteiger partial charge < -0.3 is 15.0 Å². The van der Waals surface area contributed by atoms with Gasteiger partial charge in [-0.3, -0.25) is 4.79 Å². The number of thiazole rings is 1. The zero-order valence-electron chi connectivity index (χ0n) is 20.2. The fraction of sp³-hybridized carbons (Fsp3) is 0.615. The molecular weight excluding hydrogens is 475 g/mol. The first-order valence-electron chi connectivity index (χ1n) is 12.5. The Hall–Kier alpha value is -2.13. The van der Waals surface area contributed by atoms with Gasteiger partial charge in [-0.05, 0) is 68.7 Å². The van der Waals surface area contributed by atoms with E-state index in [1.807, 2.05) is 0 Å². The lowest BCUT2D eigenvalue weighted by Crippen LogP contribution is -2.39. The maximum absolute atomic E-state index is 13.0. The molecule has 1 fully saturated rings. The molecule has 0 atom stereocenters. The average molecular weight is 510 g/mol. The molecule has 5 nitrogen and oxygen atoms in total. The molecule has 192 valence electrons. The minimum Gasteiger partial charge on any atom is -0.464 e. The summed E-state index contributed by atoms with van der Waals surface area (Å²) < 4.78 is 44.3. The van der Waals surface area contributed by atoms with Crippen molar-refractivity contribution in [2.24, 2.45) is 5.92 Å². The molecule has 0 saturated heterocycles. The molecule has 0 spiro atoms. The van der Waals surface area contributed by atoms with Gasteiger partial charge >= 0.3 is 0 Å². The number of rotatable bonds is 9. The largest absolute Gasteiger partial charge is 0.464 e. The van der Waals surface area contributed by atoms with Crippen LogP contribution in [0.3, 0.4) is 0 Å². The van der Waals surface area contributed by atoms with Gasteiger partial charge in [0, 0.05) is 37.4 Å². The van der Waals surface area contributed by atoms with Crippen molar-refractivity contribution in [3.8, 4) is 5.19 Å². The van der Waals surface area contributed by atoms with Crippen LogP contribution in [0.2, 0.25) is 0 Å². The monoisotopic (exact) mass is 509 g/mol. The zero-order chi connectivity index (χ0) is 24.8. The summed E-state index contributed by atoms with van der Waals surface area (Å²) in [6, 6.07) is 6.31. The first-order valence-corrected chi connectivity index (χ1v) is 13.3. The highest BCUT2D eigenvalue weighted by Crippen LogP contribution is 2.30. The van der Waals surface area contributed by atoms with Crippen molar-refractivity contribution >= 4 is 17.2 Å². The maximum atomic E-state index is 13.0. The van der Waals surface area contributed by atoms with Gasteiger partial charge in [0.15, 0.2) is 6.61 Å². The van der Waals surface area contributed by atoms with Crippen LogP contribution in [0.15, 0.2) is 24.3 Å². The molecule has 0 unspecified atom stereocenters. The van der Waals surface area contributed by atoms with Crippen LogP contribution >= 0.6 is 11.3 Å². The fourth-order valence-electron chi connectivity index (χ4n) is 4.89. The van der Waals surface area contributed by atoms with Gasteiger partial charge in [0.1, 0.15) is 5.82 Å². The molecule has 1 saturated carbocycles. The Bertz CT molecular complexity index is 944. The van der Waals surface area contributed by atoms with Crippen LogP contribution in [0.4, 0.5) is 13.2 Å². The van der Waals surface area contributed by atoms with E-state index in [2.05, 4.69) is 15.2 Å². The van der Waals surface area contributed by atoms with Crippen molar-refractivity contribution in [3.05, 3.63) is 46.2 Å². The lowest BCUT2D eigenvalue weighted by atomic mass is 9.84. The molecule has 1 N–H and O–H groups in total. The smallest absolute Gasteiger partial charge is 0.278 e. The minimum absolute atomic E-state index is 0.00247. The molecule has 1 amide bonds. The van der Waals surface area contributed by atoms with E-state index in [4.69, 9.17) is 4.74 Å². The second-order valence-electron chi connectivity index (χ2n) is 9.93. The third-order valence-corrected chi connectivity index (χ3v) is 7.94. The molecule has 1 aliphatic carbocycles. The van der Waals surface area contributed by atoms with Crippen LogP contribution in [0.5, 0.6) is 5.19 Å². The van der Waals surface area contributed by atoms with Crippen LogP contribution in [0.1, 0.15) is 55.2 Å². The lowest BCUT2D eigenvalue weighted by molar-refractivity contribution is -0.121. The van der Waals surface area contributed by atoms with Crippen molar-refractivity contribution < 1.29 is 22.7 Å². The Kier molecular flexibility index (Phi) is 8.70. The summed E-state index contributed by atoms with van der Waals surface area (Å²) in [5.41, 5.74) is 1.81. The summed E-state index contributed by atoms with van der Waals surface area (Å²) in [4.78, 5) is 20.4. The van der Waals surface area contributed by atoms with Crippen molar-refractivity contribution in [2.45, 2.75) is 70.3 Å². The molecule has 9 heteroatoms.